The van der Waals surface area contributed by atoms with Crippen LogP contribution in [0, 0.1) is 0 Å². The molecule has 5 heteroatoms. The summed E-state index contributed by atoms with van der Waals surface area (Å²) in [5.74, 6) is -0.344. The lowest BCUT2D eigenvalue weighted by atomic mass is 10.4. The Balaban J connectivity index is 4.36. The molecule has 0 unspecified atom stereocenters. The second-order valence-corrected chi connectivity index (χ2v) is 1.92. The first-order valence-corrected chi connectivity index (χ1v) is 3.48. The van der Waals surface area contributed by atoms with Crippen molar-refractivity contribution in [2.45, 2.75) is 0 Å². The Labute approximate surface area is 74.9 Å². The number of rotatable bonds is 6. The van der Waals surface area contributed by atoms with Crippen LogP contribution in [0.3, 0.4) is 0 Å². The number of aldehydes is 2. The molecular formula is C8H10O5. The third-order valence-electron chi connectivity index (χ3n) is 1.05. The second-order valence-electron chi connectivity index (χ2n) is 1.92. The highest BCUT2D eigenvalue weighted by Gasteiger charge is 2.00. The van der Waals surface area contributed by atoms with Gasteiger partial charge in [0, 0.05) is 0 Å². The fourth-order valence-electron chi connectivity index (χ4n) is 0.544. The van der Waals surface area contributed by atoms with E-state index in [0.717, 1.165) is 12.2 Å². The van der Waals surface area contributed by atoms with Crippen LogP contribution < -0.4 is 0 Å². The lowest BCUT2D eigenvalue weighted by Crippen LogP contribution is -1.98. The molecule has 0 aliphatic carbocycles. The summed E-state index contributed by atoms with van der Waals surface area (Å²) in [6.07, 6.45) is 2.90. The molecule has 0 bridgehead atoms. The minimum Gasteiger partial charge on any atom is -0.451 e. The summed E-state index contributed by atoms with van der Waals surface area (Å²) in [7, 11) is 0. The molecule has 0 amide bonds. The van der Waals surface area contributed by atoms with Gasteiger partial charge in [-0.1, -0.05) is 0 Å². The van der Waals surface area contributed by atoms with Gasteiger partial charge in [0.05, 0.1) is 13.2 Å². The minimum atomic E-state index is -0.362. The highest BCUT2D eigenvalue weighted by molar-refractivity contribution is 5.75. The number of hydrogen-bond acceptors (Lipinski definition) is 5. The van der Waals surface area contributed by atoms with E-state index in [9.17, 15) is 9.59 Å². The smallest absolute Gasteiger partial charge is 0.185 e. The van der Waals surface area contributed by atoms with Gasteiger partial charge < -0.3 is 14.9 Å². The average molecular weight is 186 g/mol. The molecule has 0 aromatic heterocycles. The van der Waals surface area contributed by atoms with Crippen LogP contribution in [0.5, 0.6) is 0 Å². The molecule has 0 aliphatic heterocycles. The number of carbonyl (C=O) groups is 2. The number of carbonyl (C=O) groups excluding carboxylic acids is 2. The Morgan fingerprint density at radius 2 is 1.38 bits per heavy atom. The van der Waals surface area contributed by atoms with Crippen molar-refractivity contribution < 1.29 is 24.5 Å². The lowest BCUT2D eigenvalue weighted by molar-refractivity contribution is -0.109. The molecule has 72 valence electrons. The molecule has 0 atom stereocenters. The molecular weight excluding hydrogens is 176 g/mol. The Morgan fingerprint density at radius 3 is 1.62 bits per heavy atom. The van der Waals surface area contributed by atoms with Gasteiger partial charge in [-0.2, -0.15) is 0 Å². The number of aliphatic hydroxyl groups is 2. The molecule has 13 heavy (non-hydrogen) atoms. The molecule has 0 heterocycles. The molecule has 5 nitrogen and oxygen atoms in total. The van der Waals surface area contributed by atoms with Crippen LogP contribution in [0.25, 0.3) is 0 Å². The zero-order chi connectivity index (χ0) is 10.1. The van der Waals surface area contributed by atoms with Crippen molar-refractivity contribution in [1.82, 2.24) is 0 Å². The monoisotopic (exact) mass is 186 g/mol. The van der Waals surface area contributed by atoms with Gasteiger partial charge in [0.15, 0.2) is 24.1 Å². The van der Waals surface area contributed by atoms with E-state index in [1.807, 2.05) is 0 Å². The summed E-state index contributed by atoms with van der Waals surface area (Å²) >= 11 is 0. The normalized spacial score (nSPS) is 12.5. The summed E-state index contributed by atoms with van der Waals surface area (Å²) < 4.78 is 4.70. The minimum absolute atomic E-state index is 0.172. The van der Waals surface area contributed by atoms with E-state index in [0.29, 0.717) is 12.6 Å². The number of ether oxygens (including phenoxy) is 1. The Morgan fingerprint density at radius 1 is 1.00 bits per heavy atom. The maximum atomic E-state index is 10.2. The average Bonchev–Trinajstić information content (AvgIpc) is 2.16. The quantitative estimate of drug-likeness (QED) is 0.321. The van der Waals surface area contributed by atoms with Gasteiger partial charge in [0.2, 0.25) is 0 Å². The van der Waals surface area contributed by atoms with Crippen molar-refractivity contribution in [2.75, 3.05) is 13.2 Å². The Bertz CT molecular complexity index is 205. The molecule has 0 saturated carbocycles. The van der Waals surface area contributed by atoms with E-state index in [1.54, 1.807) is 0 Å². The SMILES string of the molecule is O=CC(=CCO)OC(C=O)=CCO. The maximum absolute atomic E-state index is 10.2. The topological polar surface area (TPSA) is 83.8 Å². The van der Waals surface area contributed by atoms with Crippen molar-refractivity contribution in [2.24, 2.45) is 0 Å². The Hall–Kier alpha value is -1.46. The zero-order valence-corrected chi connectivity index (χ0v) is 6.84. The van der Waals surface area contributed by atoms with Gasteiger partial charge in [0.25, 0.3) is 0 Å². The van der Waals surface area contributed by atoms with E-state index in [4.69, 9.17) is 14.9 Å². The number of hydrogen-bond donors (Lipinski definition) is 2. The molecule has 0 fully saturated rings. The largest absolute Gasteiger partial charge is 0.451 e. The van der Waals surface area contributed by atoms with Crippen LogP contribution in [-0.4, -0.2) is 36.0 Å². The van der Waals surface area contributed by atoms with E-state index < -0.39 is 0 Å². The molecule has 0 rings (SSSR count). The summed E-state index contributed by atoms with van der Waals surface area (Å²) in [6.45, 7) is -0.724. The van der Waals surface area contributed by atoms with E-state index in [1.165, 1.54) is 0 Å². The highest BCUT2D eigenvalue weighted by Crippen LogP contribution is 2.01. The standard InChI is InChI=1S/C8H10O5/c9-3-1-7(5-11)13-8(6-12)2-4-10/h1-2,5-6,9-10H,3-4H2. The van der Waals surface area contributed by atoms with Crippen LogP contribution >= 0.6 is 0 Å². The summed E-state index contributed by atoms with van der Waals surface area (Å²) in [5, 5.41) is 16.8. The van der Waals surface area contributed by atoms with Crippen LogP contribution in [0.4, 0.5) is 0 Å². The van der Waals surface area contributed by atoms with Crippen LogP contribution in [-0.2, 0) is 14.3 Å². The van der Waals surface area contributed by atoms with Crippen molar-refractivity contribution >= 4 is 12.6 Å². The number of aliphatic hydroxyl groups excluding tert-OH is 2. The molecule has 0 saturated heterocycles. The van der Waals surface area contributed by atoms with Crippen LogP contribution in [0.15, 0.2) is 23.7 Å². The molecule has 0 spiro atoms. The van der Waals surface area contributed by atoms with Crippen molar-refractivity contribution in [3.63, 3.8) is 0 Å². The fourth-order valence-corrected chi connectivity index (χ4v) is 0.544. The van der Waals surface area contributed by atoms with Crippen molar-refractivity contribution in [3.8, 4) is 0 Å². The highest BCUT2D eigenvalue weighted by atomic mass is 16.5. The van der Waals surface area contributed by atoms with Crippen molar-refractivity contribution in [1.29, 1.82) is 0 Å². The van der Waals surface area contributed by atoms with E-state index in [-0.39, 0.29) is 24.7 Å². The predicted molar refractivity (Wildman–Crippen MR) is 43.6 cm³/mol. The predicted octanol–water partition coefficient (Wildman–Crippen LogP) is -0.847. The fraction of sp³-hybridized carbons (Fsp3) is 0.250. The lowest BCUT2D eigenvalue weighted by Gasteiger charge is -2.01. The first-order valence-electron chi connectivity index (χ1n) is 3.48. The van der Waals surface area contributed by atoms with Crippen LogP contribution in [0.1, 0.15) is 0 Å². The first-order chi connectivity index (χ1) is 6.28. The summed E-state index contributed by atoms with van der Waals surface area (Å²) in [5.41, 5.74) is 0. The molecule has 0 aromatic carbocycles. The third-order valence-corrected chi connectivity index (χ3v) is 1.05. The third kappa shape index (κ3) is 4.89. The Kier molecular flexibility index (Phi) is 6.39. The number of allylic oxidation sites excluding steroid dienone is 2. The molecule has 0 aromatic rings. The van der Waals surface area contributed by atoms with Gasteiger partial charge >= 0.3 is 0 Å². The molecule has 0 radical (unpaired) electrons. The molecule has 0 aliphatic rings. The summed E-state index contributed by atoms with van der Waals surface area (Å²) in [4.78, 5) is 20.5. The van der Waals surface area contributed by atoms with Crippen LogP contribution in [0.2, 0.25) is 0 Å². The first kappa shape index (κ1) is 11.5. The maximum Gasteiger partial charge on any atom is 0.185 e. The second kappa shape index (κ2) is 7.20. The molecule has 2 N–H and O–H groups in total. The van der Waals surface area contributed by atoms with Gasteiger partial charge in [-0.05, 0) is 12.2 Å². The van der Waals surface area contributed by atoms with Gasteiger partial charge in [-0.25, -0.2) is 0 Å². The van der Waals surface area contributed by atoms with E-state index >= 15 is 0 Å². The zero-order valence-electron chi connectivity index (χ0n) is 6.84. The van der Waals surface area contributed by atoms with E-state index in [2.05, 4.69) is 0 Å². The summed E-state index contributed by atoms with van der Waals surface area (Å²) in [6, 6.07) is 0. The van der Waals surface area contributed by atoms with Gasteiger partial charge in [-0.15, -0.1) is 0 Å². The van der Waals surface area contributed by atoms with Gasteiger partial charge in [-0.3, -0.25) is 9.59 Å². The van der Waals surface area contributed by atoms with Crippen molar-refractivity contribution in [3.05, 3.63) is 23.7 Å². The van der Waals surface area contributed by atoms with Gasteiger partial charge in [0.1, 0.15) is 0 Å².